The highest BCUT2D eigenvalue weighted by Crippen LogP contribution is 2.21. The lowest BCUT2D eigenvalue weighted by molar-refractivity contribution is 0.0696. The molecule has 0 fully saturated rings. The number of carboxylic acid groups (broad SMARTS) is 1. The molecule has 2 aromatic rings. The van der Waals surface area contributed by atoms with E-state index in [1.54, 1.807) is 18.2 Å². The highest BCUT2D eigenvalue weighted by atomic mass is 16.4. The SMILES string of the molecule is CC(C)(CNCc1cccc(C(=O)O)c1)c1ccccc1. The Morgan fingerprint density at radius 1 is 1.10 bits per heavy atom. The number of nitrogens with one attached hydrogen (secondary N) is 1. The molecule has 0 heterocycles. The van der Waals surface area contributed by atoms with Crippen LogP contribution in [0.2, 0.25) is 0 Å². The van der Waals surface area contributed by atoms with Crippen molar-refractivity contribution in [1.82, 2.24) is 5.32 Å². The molecule has 0 saturated carbocycles. The van der Waals surface area contributed by atoms with Crippen LogP contribution in [0, 0.1) is 0 Å². The van der Waals surface area contributed by atoms with Crippen molar-refractivity contribution in [1.29, 1.82) is 0 Å². The lowest BCUT2D eigenvalue weighted by atomic mass is 9.84. The van der Waals surface area contributed by atoms with Crippen molar-refractivity contribution in [2.45, 2.75) is 25.8 Å². The molecule has 3 nitrogen and oxygen atoms in total. The van der Waals surface area contributed by atoms with Gasteiger partial charge in [0.15, 0.2) is 0 Å². The van der Waals surface area contributed by atoms with Crippen molar-refractivity contribution in [3.63, 3.8) is 0 Å². The first kappa shape index (κ1) is 15.3. The van der Waals surface area contributed by atoms with Crippen molar-refractivity contribution < 1.29 is 9.90 Å². The summed E-state index contributed by atoms with van der Waals surface area (Å²) >= 11 is 0. The quantitative estimate of drug-likeness (QED) is 0.853. The van der Waals surface area contributed by atoms with E-state index in [2.05, 4.69) is 31.3 Å². The average molecular weight is 283 g/mol. The van der Waals surface area contributed by atoms with E-state index >= 15 is 0 Å². The van der Waals surface area contributed by atoms with E-state index < -0.39 is 5.97 Å². The molecule has 2 N–H and O–H groups in total. The van der Waals surface area contributed by atoms with Crippen LogP contribution in [0.1, 0.15) is 35.3 Å². The second-order valence-corrected chi connectivity index (χ2v) is 5.86. The summed E-state index contributed by atoms with van der Waals surface area (Å²) in [5, 5.41) is 12.4. The number of carboxylic acids is 1. The van der Waals surface area contributed by atoms with Crippen LogP contribution in [0.3, 0.4) is 0 Å². The molecule has 0 aromatic heterocycles. The average Bonchev–Trinajstić information content (AvgIpc) is 2.48. The topological polar surface area (TPSA) is 49.3 Å². The Bertz CT molecular complexity index is 606. The summed E-state index contributed by atoms with van der Waals surface area (Å²) in [7, 11) is 0. The van der Waals surface area contributed by atoms with Crippen LogP contribution >= 0.6 is 0 Å². The van der Waals surface area contributed by atoms with Gasteiger partial charge in [-0.3, -0.25) is 0 Å². The highest BCUT2D eigenvalue weighted by Gasteiger charge is 2.19. The number of hydrogen-bond acceptors (Lipinski definition) is 2. The minimum Gasteiger partial charge on any atom is -0.478 e. The lowest BCUT2D eigenvalue weighted by Crippen LogP contribution is -2.32. The van der Waals surface area contributed by atoms with Gasteiger partial charge < -0.3 is 10.4 Å². The predicted molar refractivity (Wildman–Crippen MR) is 84.6 cm³/mol. The first-order valence-electron chi connectivity index (χ1n) is 7.07. The third-order valence-corrected chi connectivity index (χ3v) is 3.63. The predicted octanol–water partition coefficient (Wildman–Crippen LogP) is 3.45. The molecule has 0 aliphatic carbocycles. The third kappa shape index (κ3) is 4.17. The number of aromatic carboxylic acids is 1. The van der Waals surface area contributed by atoms with Crippen LogP contribution in [0.25, 0.3) is 0 Å². The van der Waals surface area contributed by atoms with Crippen LogP contribution in [0.15, 0.2) is 54.6 Å². The van der Waals surface area contributed by atoms with E-state index in [9.17, 15) is 4.79 Å². The minimum absolute atomic E-state index is 0.0334. The number of benzene rings is 2. The minimum atomic E-state index is -0.888. The van der Waals surface area contributed by atoms with Crippen LogP contribution in [0.5, 0.6) is 0 Å². The van der Waals surface area contributed by atoms with Gasteiger partial charge in [-0.1, -0.05) is 56.3 Å². The Kier molecular flexibility index (Phi) is 4.76. The smallest absolute Gasteiger partial charge is 0.335 e. The van der Waals surface area contributed by atoms with Gasteiger partial charge in [0.2, 0.25) is 0 Å². The van der Waals surface area contributed by atoms with Gasteiger partial charge >= 0.3 is 5.97 Å². The zero-order chi connectivity index (χ0) is 15.3. The van der Waals surface area contributed by atoms with Crippen LogP contribution < -0.4 is 5.32 Å². The molecule has 0 atom stereocenters. The molecule has 2 rings (SSSR count). The molecular weight excluding hydrogens is 262 g/mol. The summed E-state index contributed by atoms with van der Waals surface area (Å²) in [6.07, 6.45) is 0. The summed E-state index contributed by atoms with van der Waals surface area (Å²) in [5.74, 6) is -0.888. The summed E-state index contributed by atoms with van der Waals surface area (Å²) in [5.41, 5.74) is 2.64. The van der Waals surface area contributed by atoms with E-state index in [4.69, 9.17) is 5.11 Å². The Hall–Kier alpha value is -2.13. The fourth-order valence-electron chi connectivity index (χ4n) is 2.33. The van der Waals surface area contributed by atoms with Gasteiger partial charge in [0, 0.05) is 18.5 Å². The standard InChI is InChI=1S/C18H21NO2/c1-18(2,16-9-4-3-5-10-16)13-19-12-14-7-6-8-15(11-14)17(20)21/h3-11,19H,12-13H2,1-2H3,(H,20,21). The van der Waals surface area contributed by atoms with Crippen molar-refractivity contribution >= 4 is 5.97 Å². The van der Waals surface area contributed by atoms with Gasteiger partial charge in [-0.15, -0.1) is 0 Å². The molecule has 21 heavy (non-hydrogen) atoms. The van der Waals surface area contributed by atoms with Gasteiger partial charge in [-0.05, 0) is 23.3 Å². The van der Waals surface area contributed by atoms with Crippen molar-refractivity contribution in [3.8, 4) is 0 Å². The van der Waals surface area contributed by atoms with Gasteiger partial charge in [-0.25, -0.2) is 4.79 Å². The first-order chi connectivity index (χ1) is 9.99. The summed E-state index contributed by atoms with van der Waals surface area (Å²) in [6, 6.07) is 17.4. The van der Waals surface area contributed by atoms with E-state index in [1.165, 1.54) is 5.56 Å². The van der Waals surface area contributed by atoms with E-state index in [-0.39, 0.29) is 5.41 Å². The Labute approximate surface area is 125 Å². The third-order valence-electron chi connectivity index (χ3n) is 3.63. The monoisotopic (exact) mass is 283 g/mol. The Morgan fingerprint density at radius 2 is 1.81 bits per heavy atom. The first-order valence-corrected chi connectivity index (χ1v) is 7.07. The molecule has 0 unspecified atom stereocenters. The zero-order valence-corrected chi connectivity index (χ0v) is 12.5. The highest BCUT2D eigenvalue weighted by molar-refractivity contribution is 5.87. The Balaban J connectivity index is 1.95. The second-order valence-electron chi connectivity index (χ2n) is 5.86. The molecule has 0 saturated heterocycles. The normalized spacial score (nSPS) is 11.3. The molecule has 0 spiro atoms. The molecule has 0 aliphatic rings. The molecule has 0 radical (unpaired) electrons. The summed E-state index contributed by atoms with van der Waals surface area (Å²) in [6.45, 7) is 5.89. The van der Waals surface area contributed by atoms with Crippen molar-refractivity contribution in [2.75, 3.05) is 6.54 Å². The summed E-state index contributed by atoms with van der Waals surface area (Å²) < 4.78 is 0. The molecule has 110 valence electrons. The van der Waals surface area contributed by atoms with Crippen molar-refractivity contribution in [3.05, 3.63) is 71.3 Å². The van der Waals surface area contributed by atoms with Gasteiger partial charge in [-0.2, -0.15) is 0 Å². The number of carbonyl (C=O) groups is 1. The largest absolute Gasteiger partial charge is 0.478 e. The van der Waals surface area contributed by atoms with E-state index in [0.29, 0.717) is 12.1 Å². The van der Waals surface area contributed by atoms with Crippen molar-refractivity contribution in [2.24, 2.45) is 0 Å². The number of rotatable bonds is 6. The molecule has 3 heteroatoms. The molecule has 0 bridgehead atoms. The molecule has 2 aromatic carbocycles. The van der Waals surface area contributed by atoms with Crippen LogP contribution in [-0.2, 0) is 12.0 Å². The molecule has 0 aliphatic heterocycles. The van der Waals surface area contributed by atoms with Gasteiger partial charge in [0.1, 0.15) is 0 Å². The number of hydrogen-bond donors (Lipinski definition) is 2. The maximum Gasteiger partial charge on any atom is 0.335 e. The maximum atomic E-state index is 11.0. The van der Waals surface area contributed by atoms with Gasteiger partial charge in [0.25, 0.3) is 0 Å². The van der Waals surface area contributed by atoms with Crippen LogP contribution in [0.4, 0.5) is 0 Å². The maximum absolute atomic E-state index is 11.0. The van der Waals surface area contributed by atoms with Crippen LogP contribution in [-0.4, -0.2) is 17.6 Å². The second kappa shape index (κ2) is 6.55. The molecular formula is C18H21NO2. The Morgan fingerprint density at radius 3 is 2.48 bits per heavy atom. The van der Waals surface area contributed by atoms with E-state index in [0.717, 1.165) is 12.1 Å². The molecule has 0 amide bonds. The van der Waals surface area contributed by atoms with E-state index in [1.807, 2.05) is 24.3 Å². The zero-order valence-electron chi connectivity index (χ0n) is 12.5. The fourth-order valence-corrected chi connectivity index (χ4v) is 2.33. The lowest BCUT2D eigenvalue weighted by Gasteiger charge is -2.25. The summed E-state index contributed by atoms with van der Waals surface area (Å²) in [4.78, 5) is 11.0. The van der Waals surface area contributed by atoms with Gasteiger partial charge in [0.05, 0.1) is 5.56 Å². The fraction of sp³-hybridized carbons (Fsp3) is 0.278.